The predicted octanol–water partition coefficient (Wildman–Crippen LogP) is 2.97. The molecule has 2 bridgehead atoms. The van der Waals surface area contributed by atoms with Gasteiger partial charge in [-0.1, -0.05) is 41.5 Å². The van der Waals surface area contributed by atoms with Crippen LogP contribution in [0.2, 0.25) is 0 Å². The van der Waals surface area contributed by atoms with E-state index in [1.165, 1.54) is 24.2 Å². The molecule has 2 aliphatic rings. The summed E-state index contributed by atoms with van der Waals surface area (Å²) in [4.78, 5) is 2.57. The van der Waals surface area contributed by atoms with Gasteiger partial charge in [0.25, 0.3) is 0 Å². The molecule has 1 nitrogen and oxygen atoms in total. The van der Waals surface area contributed by atoms with Gasteiger partial charge in [-0.25, -0.2) is 0 Å². The maximum Gasteiger partial charge on any atom is 0.0166 e. The molecule has 1 aromatic rings. The fourth-order valence-corrected chi connectivity index (χ4v) is 3.07. The third kappa shape index (κ3) is 1.60. The van der Waals surface area contributed by atoms with Crippen LogP contribution in [0.5, 0.6) is 0 Å². The molecule has 3 unspecified atom stereocenters. The maximum absolute atomic E-state index is 2.57. The lowest BCUT2D eigenvalue weighted by molar-refractivity contribution is 0.352. The molecule has 0 aromatic heterocycles. The summed E-state index contributed by atoms with van der Waals surface area (Å²) in [5.41, 5.74) is 4.48. The summed E-state index contributed by atoms with van der Waals surface area (Å²) >= 11 is 0. The van der Waals surface area contributed by atoms with Crippen LogP contribution >= 0.6 is 0 Å². The first-order valence-corrected chi connectivity index (χ1v) is 6.19. The number of fused-ring (bicyclic) bond motifs is 2. The van der Waals surface area contributed by atoms with Gasteiger partial charge in [0.05, 0.1) is 0 Å². The van der Waals surface area contributed by atoms with Gasteiger partial charge in [0.15, 0.2) is 0 Å². The highest BCUT2D eigenvalue weighted by atomic mass is 15.2. The van der Waals surface area contributed by atoms with Gasteiger partial charge in [-0.05, 0) is 19.4 Å². The van der Waals surface area contributed by atoms with E-state index in [9.17, 15) is 0 Å². The van der Waals surface area contributed by atoms with E-state index in [-0.39, 0.29) is 0 Å². The minimum atomic E-state index is 0.722. The van der Waals surface area contributed by atoms with E-state index in [0.29, 0.717) is 0 Å². The molecule has 0 radical (unpaired) electrons. The number of hydrogen-bond donors (Lipinski definition) is 0. The molecule has 16 heavy (non-hydrogen) atoms. The maximum atomic E-state index is 2.57. The lowest BCUT2D eigenvalue weighted by Crippen LogP contribution is -2.24. The summed E-state index contributed by atoms with van der Waals surface area (Å²) in [6.45, 7) is 8.12. The summed E-state index contributed by atoms with van der Waals surface area (Å²) in [5, 5.41) is 0. The first-order chi connectivity index (χ1) is 7.74. The Balaban J connectivity index is 1.91. The molecule has 0 saturated carbocycles. The van der Waals surface area contributed by atoms with Crippen LogP contribution in [0.3, 0.4) is 0 Å². The van der Waals surface area contributed by atoms with Gasteiger partial charge in [0.2, 0.25) is 0 Å². The van der Waals surface area contributed by atoms with Gasteiger partial charge in [0, 0.05) is 31.5 Å². The third-order valence-corrected chi connectivity index (χ3v) is 4.16. The molecule has 1 heteroatoms. The van der Waals surface area contributed by atoms with Crippen molar-refractivity contribution in [1.82, 2.24) is 4.90 Å². The van der Waals surface area contributed by atoms with Crippen molar-refractivity contribution in [1.29, 1.82) is 0 Å². The quantitative estimate of drug-likeness (QED) is 0.648. The monoisotopic (exact) mass is 213 g/mol. The van der Waals surface area contributed by atoms with E-state index >= 15 is 0 Å². The second-order valence-electron chi connectivity index (χ2n) is 5.29. The molecular formula is C15H19N. The van der Waals surface area contributed by atoms with E-state index in [0.717, 1.165) is 18.4 Å². The lowest BCUT2D eigenvalue weighted by Gasteiger charge is -2.22. The van der Waals surface area contributed by atoms with Crippen molar-refractivity contribution < 1.29 is 0 Å². The minimum absolute atomic E-state index is 0.722. The van der Waals surface area contributed by atoms with Gasteiger partial charge in [-0.15, -0.1) is 0 Å². The van der Waals surface area contributed by atoms with E-state index in [4.69, 9.17) is 0 Å². The predicted molar refractivity (Wildman–Crippen MR) is 67.6 cm³/mol. The van der Waals surface area contributed by atoms with Crippen molar-refractivity contribution in [3.05, 3.63) is 47.0 Å². The molecule has 1 fully saturated rings. The molecule has 1 saturated heterocycles. The van der Waals surface area contributed by atoms with Gasteiger partial charge in [-0.3, -0.25) is 4.90 Å². The molecule has 0 N–H and O–H groups in total. The molecular weight excluding hydrogens is 194 g/mol. The summed E-state index contributed by atoms with van der Waals surface area (Å²) < 4.78 is 0. The zero-order chi connectivity index (χ0) is 11.1. The minimum Gasteiger partial charge on any atom is -0.298 e. The molecule has 2 aliphatic heterocycles. The third-order valence-electron chi connectivity index (χ3n) is 4.16. The Hall–Kier alpha value is -1.08. The number of benzene rings is 1. The average molecular weight is 213 g/mol. The second kappa shape index (κ2) is 3.74. The Morgan fingerprint density at radius 2 is 1.69 bits per heavy atom. The SMILES string of the molecule is CC1=CCN2CC1C(c1ccc(C)cc1)C2. The number of nitrogens with zero attached hydrogens (tertiary/aromatic N) is 1. The van der Waals surface area contributed by atoms with Crippen molar-refractivity contribution in [3.8, 4) is 0 Å². The van der Waals surface area contributed by atoms with Crippen molar-refractivity contribution >= 4 is 0 Å². The Morgan fingerprint density at radius 1 is 1.00 bits per heavy atom. The summed E-state index contributed by atoms with van der Waals surface area (Å²) in [6, 6.07) is 9.11. The normalized spacial score (nSPS) is 32.6. The number of rotatable bonds is 1. The Labute approximate surface area is 97.8 Å². The molecule has 0 spiro atoms. The van der Waals surface area contributed by atoms with Crippen molar-refractivity contribution in [2.24, 2.45) is 5.92 Å². The van der Waals surface area contributed by atoms with Crippen molar-refractivity contribution in [2.75, 3.05) is 19.6 Å². The lowest BCUT2D eigenvalue weighted by atomic mass is 9.84. The first-order valence-electron chi connectivity index (χ1n) is 6.19. The Morgan fingerprint density at radius 3 is 2.44 bits per heavy atom. The fraction of sp³-hybridized carbons (Fsp3) is 0.467. The van der Waals surface area contributed by atoms with E-state index < -0.39 is 0 Å². The van der Waals surface area contributed by atoms with Gasteiger partial charge < -0.3 is 0 Å². The van der Waals surface area contributed by atoms with Crippen LogP contribution in [0.4, 0.5) is 0 Å². The molecule has 0 amide bonds. The number of hydrogen-bond acceptors (Lipinski definition) is 1. The van der Waals surface area contributed by atoms with Gasteiger partial charge >= 0.3 is 0 Å². The fourth-order valence-electron chi connectivity index (χ4n) is 3.07. The number of aryl methyl sites for hydroxylation is 1. The molecule has 0 aliphatic carbocycles. The van der Waals surface area contributed by atoms with Crippen LogP contribution < -0.4 is 0 Å². The van der Waals surface area contributed by atoms with Crippen LogP contribution in [0.15, 0.2) is 35.9 Å². The topological polar surface area (TPSA) is 3.24 Å². The standard InChI is InChI=1S/C15H19N/c1-11-3-5-13(6-4-11)15-10-16-8-7-12(2)14(15)9-16/h3-7,14-15H,8-10H2,1-2H3. The van der Waals surface area contributed by atoms with Crippen LogP contribution in [0.25, 0.3) is 0 Å². The highest BCUT2D eigenvalue weighted by molar-refractivity contribution is 5.30. The zero-order valence-electron chi connectivity index (χ0n) is 10.1. The summed E-state index contributed by atoms with van der Waals surface area (Å²) in [6.07, 6.45) is 2.41. The molecule has 1 aromatic carbocycles. The van der Waals surface area contributed by atoms with Gasteiger partial charge in [-0.2, -0.15) is 0 Å². The summed E-state index contributed by atoms with van der Waals surface area (Å²) in [7, 11) is 0. The van der Waals surface area contributed by atoms with E-state index in [2.05, 4.69) is 49.1 Å². The Kier molecular flexibility index (Phi) is 2.36. The molecule has 84 valence electrons. The highest BCUT2D eigenvalue weighted by Crippen LogP contribution is 2.39. The average Bonchev–Trinajstić information content (AvgIpc) is 2.65. The van der Waals surface area contributed by atoms with Crippen molar-refractivity contribution in [2.45, 2.75) is 19.8 Å². The molecule has 2 heterocycles. The van der Waals surface area contributed by atoms with Crippen LogP contribution in [-0.2, 0) is 0 Å². The first kappa shape index (κ1) is 10.1. The van der Waals surface area contributed by atoms with Crippen LogP contribution in [0.1, 0.15) is 24.0 Å². The van der Waals surface area contributed by atoms with Crippen LogP contribution in [0, 0.1) is 12.8 Å². The summed E-state index contributed by atoms with van der Waals surface area (Å²) in [5.74, 6) is 1.48. The van der Waals surface area contributed by atoms with Crippen molar-refractivity contribution in [3.63, 3.8) is 0 Å². The Bertz CT molecular complexity index is 416. The van der Waals surface area contributed by atoms with Crippen LogP contribution in [-0.4, -0.2) is 24.5 Å². The van der Waals surface area contributed by atoms with Gasteiger partial charge in [0.1, 0.15) is 0 Å². The second-order valence-corrected chi connectivity index (χ2v) is 5.29. The van der Waals surface area contributed by atoms with E-state index in [1.54, 1.807) is 5.57 Å². The molecule has 3 rings (SSSR count). The van der Waals surface area contributed by atoms with E-state index in [1.807, 2.05) is 0 Å². The zero-order valence-corrected chi connectivity index (χ0v) is 10.1. The largest absolute Gasteiger partial charge is 0.298 e. The molecule has 3 atom stereocenters. The highest BCUT2D eigenvalue weighted by Gasteiger charge is 2.36. The smallest absolute Gasteiger partial charge is 0.0166 e.